The summed E-state index contributed by atoms with van der Waals surface area (Å²) >= 11 is 0. The van der Waals surface area contributed by atoms with Gasteiger partial charge in [-0.3, -0.25) is 4.79 Å². The highest BCUT2D eigenvalue weighted by Gasteiger charge is 2.16. The van der Waals surface area contributed by atoms with Gasteiger partial charge in [-0.15, -0.1) is 6.58 Å². The molecule has 32 heavy (non-hydrogen) atoms. The second kappa shape index (κ2) is 12.2. The molecule has 0 fully saturated rings. The molecule has 8 heteroatoms. The van der Waals surface area contributed by atoms with Gasteiger partial charge in [0.1, 0.15) is 29.6 Å². The van der Waals surface area contributed by atoms with Crippen molar-refractivity contribution in [2.45, 2.75) is 32.6 Å². The molecule has 2 aromatic carbocycles. The molecular weight excluding hydrogens is 414 g/mol. The van der Waals surface area contributed by atoms with E-state index in [-0.39, 0.29) is 11.3 Å². The fraction of sp³-hybridized carbons (Fsp3) is 0.333. The summed E-state index contributed by atoms with van der Waals surface area (Å²) in [6, 6.07) is 8.26. The lowest BCUT2D eigenvalue weighted by atomic mass is 10.0. The van der Waals surface area contributed by atoms with Crippen LogP contribution in [-0.2, 0) is 17.6 Å². The minimum Gasteiger partial charge on any atom is -0.546 e. The van der Waals surface area contributed by atoms with Crippen molar-refractivity contribution in [2.24, 2.45) is 5.73 Å². The lowest BCUT2D eigenvalue weighted by Crippen LogP contribution is -2.29. The van der Waals surface area contributed by atoms with E-state index in [2.05, 4.69) is 6.58 Å². The number of primary amides is 1. The van der Waals surface area contributed by atoms with Crippen molar-refractivity contribution in [3.05, 3.63) is 59.7 Å². The van der Waals surface area contributed by atoms with Crippen LogP contribution >= 0.6 is 0 Å². The molecule has 0 aliphatic rings. The van der Waals surface area contributed by atoms with Gasteiger partial charge in [0.2, 0.25) is 0 Å². The Morgan fingerprint density at radius 2 is 1.69 bits per heavy atom. The fourth-order valence-electron chi connectivity index (χ4n) is 3.17. The van der Waals surface area contributed by atoms with Gasteiger partial charge in [-0.1, -0.05) is 25.5 Å². The predicted molar refractivity (Wildman–Crippen MR) is 117 cm³/mol. The van der Waals surface area contributed by atoms with Gasteiger partial charge in [-0.2, -0.15) is 0 Å². The molecule has 0 aromatic heterocycles. The Kier molecular flexibility index (Phi) is 9.41. The number of carboxylic acid groups (broad SMARTS) is 1. The average Bonchev–Trinajstić information content (AvgIpc) is 2.75. The van der Waals surface area contributed by atoms with Crippen LogP contribution in [-0.4, -0.2) is 36.8 Å². The number of phenols is 1. The molecule has 0 unspecified atom stereocenters. The van der Waals surface area contributed by atoms with Crippen molar-refractivity contribution in [2.75, 3.05) is 19.8 Å². The van der Waals surface area contributed by atoms with Gasteiger partial charge in [0.15, 0.2) is 0 Å². The van der Waals surface area contributed by atoms with E-state index in [0.717, 1.165) is 12.0 Å². The number of aliphatic carboxylic acids is 1. The van der Waals surface area contributed by atoms with Crippen molar-refractivity contribution in [1.29, 1.82) is 0 Å². The number of carboxylic acids is 1. The molecule has 0 radical (unpaired) electrons. The zero-order chi connectivity index (χ0) is 23.5. The molecule has 172 valence electrons. The molecule has 0 heterocycles. The number of allylic oxidation sites excluding steroid dienone is 1. The number of rotatable bonds is 14. The number of hydrogen-bond donors (Lipinski definition) is 2. The average molecular weight is 442 g/mol. The smallest absolute Gasteiger partial charge is 0.252 e. The standard InChI is InChI=1S/C24H29NO7/c1-3-7-16-19(9-5-10-20(16)32-15-22(26)27)30-13-6-14-31-21-12-11-18(24(25)29)23(28)17(21)8-4-2/h4-5,9-12,28H,2-3,6-8,13-15H2,1H3,(H2,25,29)(H,26,27)/p-1. The van der Waals surface area contributed by atoms with E-state index in [1.165, 1.54) is 6.07 Å². The minimum atomic E-state index is -1.29. The third-order valence-corrected chi connectivity index (χ3v) is 4.59. The van der Waals surface area contributed by atoms with E-state index in [4.69, 9.17) is 19.9 Å². The molecule has 0 aliphatic heterocycles. The van der Waals surface area contributed by atoms with Crippen molar-refractivity contribution in [3.63, 3.8) is 0 Å². The van der Waals surface area contributed by atoms with E-state index < -0.39 is 18.5 Å². The number of carbonyl (C=O) groups is 2. The van der Waals surface area contributed by atoms with E-state index in [0.29, 0.717) is 55.3 Å². The van der Waals surface area contributed by atoms with Crippen LogP contribution in [0.15, 0.2) is 43.0 Å². The highest BCUT2D eigenvalue weighted by Crippen LogP contribution is 2.32. The zero-order valence-electron chi connectivity index (χ0n) is 18.1. The lowest BCUT2D eigenvalue weighted by molar-refractivity contribution is -0.307. The van der Waals surface area contributed by atoms with Crippen molar-refractivity contribution < 1.29 is 34.0 Å². The second-order valence-corrected chi connectivity index (χ2v) is 6.99. The topological polar surface area (TPSA) is 131 Å². The normalized spacial score (nSPS) is 10.4. The number of hydrogen-bond acceptors (Lipinski definition) is 7. The Labute approximate surface area is 187 Å². The summed E-state index contributed by atoms with van der Waals surface area (Å²) in [7, 11) is 0. The molecule has 3 N–H and O–H groups in total. The third-order valence-electron chi connectivity index (χ3n) is 4.59. The summed E-state index contributed by atoms with van der Waals surface area (Å²) in [6.45, 7) is 5.80. The molecule has 2 aromatic rings. The first-order valence-electron chi connectivity index (χ1n) is 10.3. The molecule has 0 bridgehead atoms. The zero-order valence-corrected chi connectivity index (χ0v) is 18.1. The molecule has 1 amide bonds. The van der Waals surface area contributed by atoms with Gasteiger partial charge < -0.3 is 35.0 Å². The Morgan fingerprint density at radius 1 is 1.06 bits per heavy atom. The van der Waals surface area contributed by atoms with Gasteiger partial charge in [0, 0.05) is 17.5 Å². The largest absolute Gasteiger partial charge is 0.546 e. The van der Waals surface area contributed by atoms with Crippen molar-refractivity contribution >= 4 is 11.9 Å². The first-order chi connectivity index (χ1) is 15.4. The van der Waals surface area contributed by atoms with Crippen LogP contribution < -0.4 is 25.1 Å². The highest BCUT2D eigenvalue weighted by molar-refractivity contribution is 5.96. The van der Waals surface area contributed by atoms with Gasteiger partial charge >= 0.3 is 0 Å². The van der Waals surface area contributed by atoms with Crippen LogP contribution in [0, 0.1) is 0 Å². The van der Waals surface area contributed by atoms with Crippen LogP contribution in [0.5, 0.6) is 23.0 Å². The van der Waals surface area contributed by atoms with E-state index >= 15 is 0 Å². The summed E-state index contributed by atoms with van der Waals surface area (Å²) < 4.78 is 17.0. The monoisotopic (exact) mass is 442 g/mol. The number of aromatic hydroxyl groups is 1. The maximum absolute atomic E-state index is 11.4. The summed E-state index contributed by atoms with van der Waals surface area (Å²) in [5.74, 6) is -0.689. The third kappa shape index (κ3) is 6.66. The van der Waals surface area contributed by atoms with Crippen LogP contribution in [0.4, 0.5) is 0 Å². The summed E-state index contributed by atoms with van der Waals surface area (Å²) in [4.78, 5) is 22.1. The van der Waals surface area contributed by atoms with Crippen LogP contribution in [0.3, 0.4) is 0 Å². The number of carbonyl (C=O) groups excluding carboxylic acids is 2. The SMILES string of the molecule is C=CCc1c(OCCCOc2cccc(OCC(=O)[O-])c2CCC)ccc(C(N)=O)c1O. The molecule has 2 rings (SSSR count). The lowest BCUT2D eigenvalue weighted by Gasteiger charge is -2.17. The van der Waals surface area contributed by atoms with Gasteiger partial charge in [-0.05, 0) is 37.1 Å². The molecule has 0 saturated carbocycles. The number of ether oxygens (including phenoxy) is 3. The molecule has 8 nitrogen and oxygen atoms in total. The van der Waals surface area contributed by atoms with Crippen molar-refractivity contribution in [3.8, 4) is 23.0 Å². The number of nitrogens with two attached hydrogens (primary N) is 1. The Hall–Kier alpha value is -3.68. The predicted octanol–water partition coefficient (Wildman–Crippen LogP) is 2.15. The number of benzene rings is 2. The van der Waals surface area contributed by atoms with Crippen LogP contribution in [0.25, 0.3) is 0 Å². The van der Waals surface area contributed by atoms with Crippen LogP contribution in [0.1, 0.15) is 41.3 Å². The molecular formula is C24H28NO7-. The summed E-state index contributed by atoms with van der Waals surface area (Å²) in [5.41, 5.74) is 6.56. The maximum Gasteiger partial charge on any atom is 0.252 e. The van der Waals surface area contributed by atoms with Crippen molar-refractivity contribution in [1.82, 2.24) is 0 Å². The van der Waals surface area contributed by atoms with E-state index in [1.54, 1.807) is 30.3 Å². The maximum atomic E-state index is 11.4. The summed E-state index contributed by atoms with van der Waals surface area (Å²) in [6.07, 6.45) is 3.97. The van der Waals surface area contributed by atoms with Gasteiger partial charge in [-0.25, -0.2) is 0 Å². The van der Waals surface area contributed by atoms with Crippen LogP contribution in [0.2, 0.25) is 0 Å². The van der Waals surface area contributed by atoms with Gasteiger partial charge in [0.25, 0.3) is 5.91 Å². The van der Waals surface area contributed by atoms with E-state index in [9.17, 15) is 19.8 Å². The fourth-order valence-corrected chi connectivity index (χ4v) is 3.17. The Balaban J connectivity index is 1.99. The molecule has 0 saturated heterocycles. The molecule has 0 spiro atoms. The molecule has 0 atom stereocenters. The first kappa shape index (κ1) is 24.6. The first-order valence-corrected chi connectivity index (χ1v) is 10.3. The summed E-state index contributed by atoms with van der Waals surface area (Å²) in [5, 5.41) is 21.0. The Bertz CT molecular complexity index is 956. The Morgan fingerprint density at radius 3 is 2.25 bits per heavy atom. The minimum absolute atomic E-state index is 0.0294. The number of amides is 1. The van der Waals surface area contributed by atoms with E-state index in [1.807, 2.05) is 6.92 Å². The molecule has 0 aliphatic carbocycles. The quantitative estimate of drug-likeness (QED) is 0.338. The highest BCUT2D eigenvalue weighted by atomic mass is 16.5. The second-order valence-electron chi connectivity index (χ2n) is 6.99. The van der Waals surface area contributed by atoms with Gasteiger partial charge in [0.05, 0.1) is 24.7 Å².